The van der Waals surface area contributed by atoms with Crippen molar-refractivity contribution < 1.29 is 18.3 Å². The Hall–Kier alpha value is -2.15. The van der Waals surface area contributed by atoms with Crippen LogP contribution in [0.15, 0.2) is 35.4 Å². The summed E-state index contributed by atoms with van der Waals surface area (Å²) >= 11 is 0. The third kappa shape index (κ3) is 2.50. The zero-order chi connectivity index (χ0) is 14.2. The van der Waals surface area contributed by atoms with Gasteiger partial charge in [0.05, 0.1) is 16.8 Å². The van der Waals surface area contributed by atoms with Crippen LogP contribution in [-0.2, 0) is 16.9 Å². The van der Waals surface area contributed by atoms with Crippen molar-refractivity contribution in [3.63, 3.8) is 0 Å². The molecule has 0 saturated carbocycles. The smallest absolute Gasteiger partial charge is 0.339 e. The highest BCUT2D eigenvalue weighted by atomic mass is 32.2. The number of nitrogens with zero attached hydrogens (tertiary/aromatic N) is 2. The lowest BCUT2D eigenvalue weighted by molar-refractivity contribution is 0.0697. The second-order valence-electron chi connectivity index (χ2n) is 4.13. The lowest BCUT2D eigenvalue weighted by Gasteiger charge is -2.05. The first kappa shape index (κ1) is 13.3. The van der Waals surface area contributed by atoms with Crippen LogP contribution in [0.4, 0.5) is 0 Å². The molecule has 0 aliphatic rings. The summed E-state index contributed by atoms with van der Waals surface area (Å²) in [5.41, 5.74) is 1.12. The van der Waals surface area contributed by atoms with Crippen LogP contribution in [-0.4, -0.2) is 35.5 Å². The van der Waals surface area contributed by atoms with Crippen LogP contribution in [0.1, 0.15) is 10.4 Å². The first-order valence-electron chi connectivity index (χ1n) is 5.36. The van der Waals surface area contributed by atoms with E-state index in [1.54, 1.807) is 19.2 Å². The molecule has 0 amide bonds. The molecule has 0 radical (unpaired) electrons. The molecule has 1 aromatic carbocycles. The fourth-order valence-electron chi connectivity index (χ4n) is 1.80. The minimum absolute atomic E-state index is 0.0783. The number of benzene rings is 1. The summed E-state index contributed by atoms with van der Waals surface area (Å²) < 4.78 is 24.2. The highest BCUT2D eigenvalue weighted by Gasteiger charge is 2.17. The van der Waals surface area contributed by atoms with E-state index in [4.69, 9.17) is 5.11 Å². The molecule has 19 heavy (non-hydrogen) atoms. The molecular weight excluding hydrogens is 268 g/mol. The summed E-state index contributed by atoms with van der Waals surface area (Å²) in [5.74, 6) is -1.07. The molecule has 2 rings (SSSR count). The van der Waals surface area contributed by atoms with Gasteiger partial charge in [-0.3, -0.25) is 4.68 Å². The van der Waals surface area contributed by atoms with Gasteiger partial charge in [0.15, 0.2) is 9.84 Å². The van der Waals surface area contributed by atoms with Gasteiger partial charge in [-0.25, -0.2) is 13.2 Å². The number of carboxylic acids is 1. The number of aromatic nitrogens is 2. The van der Waals surface area contributed by atoms with Gasteiger partial charge in [-0.15, -0.1) is 0 Å². The van der Waals surface area contributed by atoms with Crippen molar-refractivity contribution in [2.45, 2.75) is 4.90 Å². The lowest BCUT2D eigenvalue weighted by atomic mass is 10.1. The molecule has 1 N–H and O–H groups in total. The van der Waals surface area contributed by atoms with Gasteiger partial charge in [0, 0.05) is 18.9 Å². The van der Waals surface area contributed by atoms with Crippen LogP contribution in [0.5, 0.6) is 0 Å². The molecule has 0 atom stereocenters. The SMILES string of the molecule is Cn1ncc(C(=O)O)c1-c1ccc(S(C)(=O)=O)cc1. The topological polar surface area (TPSA) is 89.3 Å². The van der Waals surface area contributed by atoms with Crippen LogP contribution in [0.25, 0.3) is 11.3 Å². The average Bonchev–Trinajstić information content (AvgIpc) is 2.70. The third-order valence-electron chi connectivity index (χ3n) is 2.73. The van der Waals surface area contributed by atoms with E-state index in [0.717, 1.165) is 6.26 Å². The molecule has 0 aliphatic heterocycles. The summed E-state index contributed by atoms with van der Waals surface area (Å²) in [7, 11) is -1.63. The number of sulfone groups is 1. The number of carboxylic acid groups (broad SMARTS) is 1. The van der Waals surface area contributed by atoms with Gasteiger partial charge in [-0.05, 0) is 12.1 Å². The van der Waals surface area contributed by atoms with Gasteiger partial charge in [0.25, 0.3) is 0 Å². The molecule has 0 bridgehead atoms. The average molecular weight is 280 g/mol. The zero-order valence-corrected chi connectivity index (χ0v) is 11.2. The van der Waals surface area contributed by atoms with Crippen molar-refractivity contribution in [1.29, 1.82) is 0 Å². The number of aryl methyl sites for hydroxylation is 1. The van der Waals surface area contributed by atoms with E-state index < -0.39 is 15.8 Å². The van der Waals surface area contributed by atoms with Crippen molar-refractivity contribution in [2.75, 3.05) is 6.26 Å². The van der Waals surface area contributed by atoms with Gasteiger partial charge < -0.3 is 5.11 Å². The predicted molar refractivity (Wildman–Crippen MR) is 68.7 cm³/mol. The van der Waals surface area contributed by atoms with E-state index in [0.29, 0.717) is 11.3 Å². The molecule has 0 spiro atoms. The number of hydrogen-bond donors (Lipinski definition) is 1. The Balaban J connectivity index is 2.55. The Kier molecular flexibility index (Phi) is 3.15. The van der Waals surface area contributed by atoms with Gasteiger partial charge >= 0.3 is 5.97 Å². The van der Waals surface area contributed by atoms with Crippen LogP contribution >= 0.6 is 0 Å². The summed E-state index contributed by atoms with van der Waals surface area (Å²) in [4.78, 5) is 11.3. The lowest BCUT2D eigenvalue weighted by Crippen LogP contribution is -2.01. The second-order valence-corrected chi connectivity index (χ2v) is 6.15. The highest BCUT2D eigenvalue weighted by Crippen LogP contribution is 2.24. The van der Waals surface area contributed by atoms with Crippen molar-refractivity contribution in [2.24, 2.45) is 7.05 Å². The van der Waals surface area contributed by atoms with Gasteiger partial charge in [-0.2, -0.15) is 5.10 Å². The Morgan fingerprint density at radius 1 is 1.26 bits per heavy atom. The standard InChI is InChI=1S/C12H12N2O4S/c1-14-11(10(7-13-14)12(15)16)8-3-5-9(6-4-8)19(2,17)18/h3-7H,1-2H3,(H,15,16). The summed E-state index contributed by atoms with van der Waals surface area (Å²) in [6.07, 6.45) is 2.39. The number of aromatic carboxylic acids is 1. The van der Waals surface area contributed by atoms with Crippen LogP contribution in [0, 0.1) is 0 Å². The van der Waals surface area contributed by atoms with Crippen molar-refractivity contribution in [3.8, 4) is 11.3 Å². The highest BCUT2D eigenvalue weighted by molar-refractivity contribution is 7.90. The number of hydrogen-bond acceptors (Lipinski definition) is 4. The minimum Gasteiger partial charge on any atom is -0.478 e. The van der Waals surface area contributed by atoms with E-state index in [2.05, 4.69) is 5.10 Å². The van der Waals surface area contributed by atoms with E-state index in [1.807, 2.05) is 0 Å². The van der Waals surface area contributed by atoms with Gasteiger partial charge in [-0.1, -0.05) is 12.1 Å². The van der Waals surface area contributed by atoms with Crippen molar-refractivity contribution in [3.05, 3.63) is 36.0 Å². The molecule has 0 fully saturated rings. The summed E-state index contributed by atoms with van der Waals surface area (Å²) in [6, 6.07) is 6.03. The molecule has 0 unspecified atom stereocenters. The second kappa shape index (κ2) is 4.51. The molecule has 1 aromatic heterocycles. The van der Waals surface area contributed by atoms with Crippen molar-refractivity contribution >= 4 is 15.8 Å². The Bertz CT molecular complexity index is 730. The molecule has 6 nitrogen and oxygen atoms in total. The Morgan fingerprint density at radius 3 is 2.32 bits per heavy atom. The molecule has 7 heteroatoms. The maximum atomic E-state index is 11.4. The number of rotatable bonds is 3. The molecule has 1 heterocycles. The van der Waals surface area contributed by atoms with Crippen molar-refractivity contribution in [1.82, 2.24) is 9.78 Å². The molecule has 0 saturated heterocycles. The minimum atomic E-state index is -3.26. The summed E-state index contributed by atoms with van der Waals surface area (Å²) in [5, 5.41) is 13.0. The molecule has 0 aliphatic carbocycles. The molecule has 100 valence electrons. The molecule has 2 aromatic rings. The van der Waals surface area contributed by atoms with E-state index in [1.165, 1.54) is 23.0 Å². The number of carbonyl (C=O) groups is 1. The molecular formula is C12H12N2O4S. The largest absolute Gasteiger partial charge is 0.478 e. The van der Waals surface area contributed by atoms with E-state index in [-0.39, 0.29) is 10.5 Å². The maximum absolute atomic E-state index is 11.4. The van der Waals surface area contributed by atoms with E-state index in [9.17, 15) is 13.2 Å². The van der Waals surface area contributed by atoms with Gasteiger partial charge in [0.1, 0.15) is 5.56 Å². The maximum Gasteiger partial charge on any atom is 0.339 e. The van der Waals surface area contributed by atoms with Gasteiger partial charge in [0.2, 0.25) is 0 Å². The van der Waals surface area contributed by atoms with E-state index >= 15 is 0 Å². The van der Waals surface area contributed by atoms with Crippen LogP contribution < -0.4 is 0 Å². The monoisotopic (exact) mass is 280 g/mol. The zero-order valence-electron chi connectivity index (χ0n) is 10.4. The summed E-state index contributed by atoms with van der Waals surface area (Å²) in [6.45, 7) is 0. The first-order chi connectivity index (χ1) is 8.80. The quantitative estimate of drug-likeness (QED) is 0.912. The first-order valence-corrected chi connectivity index (χ1v) is 7.25. The normalized spacial score (nSPS) is 11.5. The van der Waals surface area contributed by atoms with Crippen LogP contribution in [0.3, 0.4) is 0 Å². The fourth-order valence-corrected chi connectivity index (χ4v) is 2.43. The fraction of sp³-hybridized carbons (Fsp3) is 0.167. The Labute approximate surface area is 110 Å². The van der Waals surface area contributed by atoms with Crippen LogP contribution in [0.2, 0.25) is 0 Å². The Morgan fingerprint density at radius 2 is 1.84 bits per heavy atom. The third-order valence-corrected chi connectivity index (χ3v) is 3.85. The predicted octanol–water partition coefficient (Wildman–Crippen LogP) is 1.19.